The van der Waals surface area contributed by atoms with E-state index in [1.165, 1.54) is 24.7 Å². The Balaban J connectivity index is 1.31. The molecule has 0 aliphatic carbocycles. The van der Waals surface area contributed by atoms with Crippen molar-refractivity contribution in [3.8, 4) is 34.3 Å². The van der Waals surface area contributed by atoms with Crippen molar-refractivity contribution in [1.29, 1.82) is 0 Å². The number of aryl methyl sites for hydroxylation is 1. The molecule has 11 heteroatoms. The topological polar surface area (TPSA) is 113 Å². The third-order valence-corrected chi connectivity index (χ3v) is 6.56. The number of methoxy groups -OCH3 is 2. The van der Waals surface area contributed by atoms with E-state index in [1.807, 2.05) is 11.6 Å². The minimum absolute atomic E-state index is 0.233. The van der Waals surface area contributed by atoms with Crippen LogP contribution in [-0.4, -0.2) is 38.7 Å². The summed E-state index contributed by atoms with van der Waals surface area (Å²) in [5.41, 5.74) is 2.11. The number of fused-ring (bicyclic) bond motifs is 2. The largest absolute Gasteiger partial charge is 0.493 e. The van der Waals surface area contributed by atoms with Crippen LogP contribution in [0.5, 0.6) is 23.1 Å². The maximum absolute atomic E-state index is 13.6. The molecule has 0 radical (unpaired) electrons. The Morgan fingerprint density at radius 1 is 0.902 bits per heavy atom. The normalized spacial score (nSPS) is 11.0. The minimum atomic E-state index is -0.373. The summed E-state index contributed by atoms with van der Waals surface area (Å²) in [7, 11) is 4.94. The van der Waals surface area contributed by atoms with E-state index in [-0.39, 0.29) is 11.2 Å². The molecule has 4 heterocycles. The van der Waals surface area contributed by atoms with Crippen LogP contribution in [0.15, 0.2) is 84.3 Å². The number of anilines is 2. The first kappa shape index (κ1) is 25.7. The van der Waals surface area contributed by atoms with Gasteiger partial charge >= 0.3 is 0 Å². The number of ether oxygens (including phenoxy) is 3. The SMILES string of the molecule is COc1cc2ncnc(Oc3ccc(Nc4nccc5c4c(=O)c(-c4ccc(F)cc4)cn5C)nc3)c2cc1OC. The summed E-state index contributed by atoms with van der Waals surface area (Å²) in [4.78, 5) is 31.0. The lowest BCUT2D eigenvalue weighted by Crippen LogP contribution is -2.13. The predicted molar refractivity (Wildman–Crippen MR) is 153 cm³/mol. The molecule has 41 heavy (non-hydrogen) atoms. The van der Waals surface area contributed by atoms with Crippen LogP contribution in [0.25, 0.3) is 32.9 Å². The zero-order valence-corrected chi connectivity index (χ0v) is 22.3. The van der Waals surface area contributed by atoms with E-state index in [0.29, 0.717) is 67.7 Å². The molecule has 0 amide bonds. The lowest BCUT2D eigenvalue weighted by Gasteiger charge is -2.13. The summed E-state index contributed by atoms with van der Waals surface area (Å²) < 4.78 is 32.1. The Bertz CT molecular complexity index is 1960. The van der Waals surface area contributed by atoms with E-state index in [1.54, 1.807) is 69.1 Å². The lowest BCUT2D eigenvalue weighted by molar-refractivity contribution is 0.355. The lowest BCUT2D eigenvalue weighted by atomic mass is 10.0. The van der Waals surface area contributed by atoms with Crippen molar-refractivity contribution in [3.63, 3.8) is 0 Å². The Labute approximate surface area is 233 Å². The van der Waals surface area contributed by atoms with Crippen molar-refractivity contribution in [2.24, 2.45) is 7.05 Å². The van der Waals surface area contributed by atoms with Crippen LogP contribution in [-0.2, 0) is 7.05 Å². The molecule has 6 rings (SSSR count). The zero-order valence-electron chi connectivity index (χ0n) is 22.3. The third-order valence-electron chi connectivity index (χ3n) is 6.56. The summed E-state index contributed by atoms with van der Waals surface area (Å²) in [5.74, 6) is 2.25. The third kappa shape index (κ3) is 4.84. The van der Waals surface area contributed by atoms with Crippen molar-refractivity contribution in [1.82, 2.24) is 24.5 Å². The molecule has 0 bridgehead atoms. The number of aromatic nitrogens is 5. The van der Waals surface area contributed by atoms with Gasteiger partial charge in [0.25, 0.3) is 0 Å². The first-order chi connectivity index (χ1) is 19.9. The van der Waals surface area contributed by atoms with Crippen molar-refractivity contribution in [2.45, 2.75) is 0 Å². The second kappa shape index (κ2) is 10.5. The van der Waals surface area contributed by atoms with Crippen molar-refractivity contribution < 1.29 is 18.6 Å². The van der Waals surface area contributed by atoms with Gasteiger partial charge in [-0.1, -0.05) is 12.1 Å². The number of nitrogens with one attached hydrogen (secondary N) is 1. The molecular weight excluding hydrogens is 527 g/mol. The van der Waals surface area contributed by atoms with Crippen molar-refractivity contribution in [2.75, 3.05) is 19.5 Å². The number of hydrogen-bond acceptors (Lipinski definition) is 9. The van der Waals surface area contributed by atoms with Crippen molar-refractivity contribution >= 4 is 33.4 Å². The highest BCUT2D eigenvalue weighted by Gasteiger charge is 2.16. The second-order valence-electron chi connectivity index (χ2n) is 9.05. The van der Waals surface area contributed by atoms with E-state index in [0.717, 1.165) is 0 Å². The molecule has 0 atom stereocenters. The number of rotatable bonds is 7. The molecule has 6 aromatic rings. The smallest absolute Gasteiger partial charge is 0.230 e. The van der Waals surface area contributed by atoms with Crippen LogP contribution in [0.1, 0.15) is 0 Å². The van der Waals surface area contributed by atoms with E-state index < -0.39 is 0 Å². The van der Waals surface area contributed by atoms with Crippen molar-refractivity contribution in [3.05, 3.63) is 95.6 Å². The van der Waals surface area contributed by atoms with Gasteiger partial charge in [0.2, 0.25) is 11.3 Å². The number of pyridine rings is 3. The Morgan fingerprint density at radius 3 is 2.41 bits per heavy atom. The second-order valence-corrected chi connectivity index (χ2v) is 9.05. The molecule has 0 aliphatic rings. The molecule has 2 aromatic carbocycles. The van der Waals surface area contributed by atoms with Gasteiger partial charge in [-0.3, -0.25) is 4.79 Å². The summed E-state index contributed by atoms with van der Waals surface area (Å²) in [5, 5.41) is 4.17. The Morgan fingerprint density at radius 2 is 1.68 bits per heavy atom. The highest BCUT2D eigenvalue weighted by Crippen LogP contribution is 2.36. The molecular formula is C30H23FN6O4. The Kier molecular flexibility index (Phi) is 6.60. The molecule has 0 saturated carbocycles. The van der Waals surface area contributed by atoms with Crippen LogP contribution in [0.2, 0.25) is 0 Å². The number of hydrogen-bond donors (Lipinski definition) is 1. The number of benzene rings is 2. The molecule has 0 aliphatic heterocycles. The number of nitrogens with zero attached hydrogens (tertiary/aromatic N) is 5. The van der Waals surface area contributed by atoms with E-state index in [9.17, 15) is 9.18 Å². The highest BCUT2D eigenvalue weighted by molar-refractivity contribution is 5.93. The molecule has 0 fully saturated rings. The average Bonchev–Trinajstić information content (AvgIpc) is 3.00. The fourth-order valence-corrected chi connectivity index (χ4v) is 4.54. The Hall–Kier alpha value is -5.58. The molecule has 4 aromatic heterocycles. The van der Waals surface area contributed by atoms with Gasteiger partial charge < -0.3 is 24.1 Å². The number of halogens is 1. The molecule has 204 valence electrons. The van der Waals surface area contributed by atoms with Gasteiger partial charge in [-0.2, -0.15) is 0 Å². The van der Waals surface area contributed by atoms with Crippen LogP contribution >= 0.6 is 0 Å². The molecule has 1 N–H and O–H groups in total. The molecule has 0 unspecified atom stereocenters. The van der Waals surface area contributed by atoms with Gasteiger partial charge in [-0.25, -0.2) is 24.3 Å². The molecule has 0 saturated heterocycles. The fourth-order valence-electron chi connectivity index (χ4n) is 4.54. The van der Waals surface area contributed by atoms with Crippen LogP contribution < -0.4 is 25.0 Å². The van der Waals surface area contributed by atoms with Gasteiger partial charge in [-0.05, 0) is 42.0 Å². The monoisotopic (exact) mass is 550 g/mol. The minimum Gasteiger partial charge on any atom is -0.493 e. The van der Waals surface area contributed by atoms with E-state index >= 15 is 0 Å². The van der Waals surface area contributed by atoms with E-state index in [2.05, 4.69) is 25.3 Å². The fraction of sp³-hybridized carbons (Fsp3) is 0.100. The maximum atomic E-state index is 13.6. The van der Waals surface area contributed by atoms with Crippen LogP contribution in [0.4, 0.5) is 16.0 Å². The van der Waals surface area contributed by atoms with Gasteiger partial charge in [0.05, 0.1) is 42.2 Å². The van der Waals surface area contributed by atoms with Gasteiger partial charge in [0, 0.05) is 31.1 Å². The highest BCUT2D eigenvalue weighted by atomic mass is 19.1. The van der Waals surface area contributed by atoms with Gasteiger partial charge in [-0.15, -0.1) is 0 Å². The summed E-state index contributed by atoms with van der Waals surface area (Å²) in [6.45, 7) is 0. The summed E-state index contributed by atoms with van der Waals surface area (Å²) in [6, 6.07) is 14.5. The first-order valence-electron chi connectivity index (χ1n) is 12.5. The summed E-state index contributed by atoms with van der Waals surface area (Å²) >= 11 is 0. The van der Waals surface area contributed by atoms with Gasteiger partial charge in [0.1, 0.15) is 29.5 Å². The maximum Gasteiger partial charge on any atom is 0.230 e. The standard InChI is InChI=1S/C30H23FN6O4/c1-37-15-21(17-4-6-18(31)7-5-17)28(38)27-23(37)10-11-32-29(27)36-26-9-8-19(14-33-26)41-30-20-12-24(39-2)25(40-3)13-22(20)34-16-35-30/h4-16H,1-3H3,(H,32,33,36). The van der Waals surface area contributed by atoms with Crippen LogP contribution in [0.3, 0.4) is 0 Å². The quantitative estimate of drug-likeness (QED) is 0.270. The summed E-state index contributed by atoms with van der Waals surface area (Å²) in [6.07, 6.45) is 6.28. The first-order valence-corrected chi connectivity index (χ1v) is 12.5. The molecule has 0 spiro atoms. The van der Waals surface area contributed by atoms with Crippen LogP contribution in [0, 0.1) is 5.82 Å². The predicted octanol–water partition coefficient (Wildman–Crippen LogP) is 5.63. The average molecular weight is 551 g/mol. The van der Waals surface area contributed by atoms with E-state index in [4.69, 9.17) is 14.2 Å². The molecule has 10 nitrogen and oxygen atoms in total. The van der Waals surface area contributed by atoms with Gasteiger partial charge in [0.15, 0.2) is 11.5 Å². The zero-order chi connectivity index (χ0) is 28.5.